The third kappa shape index (κ3) is 3.92. The van der Waals surface area contributed by atoms with Crippen molar-refractivity contribution in [3.63, 3.8) is 0 Å². The summed E-state index contributed by atoms with van der Waals surface area (Å²) in [4.78, 5) is 0. The van der Waals surface area contributed by atoms with Crippen molar-refractivity contribution in [3.8, 4) is 22.3 Å². The molecule has 0 atom stereocenters. The lowest BCUT2D eigenvalue weighted by atomic mass is 10.00. The highest BCUT2D eigenvalue weighted by Crippen LogP contribution is 2.27. The first-order valence-electron chi connectivity index (χ1n) is 9.48. The zero-order chi connectivity index (χ0) is 18.9. The Morgan fingerprint density at radius 1 is 0.462 bits per heavy atom. The Labute approximate surface area is 160 Å². The van der Waals surface area contributed by atoms with Crippen LogP contribution < -0.4 is 10.4 Å². The Bertz CT molecular complexity index is 806. The van der Waals surface area contributed by atoms with E-state index in [1.54, 1.807) is 10.4 Å². The molecule has 3 rings (SSSR count). The maximum absolute atomic E-state index is 2.53. The third-order valence-electron chi connectivity index (χ3n) is 4.94. The molecule has 134 valence electrons. The molecule has 0 N–H and O–H groups in total. The monoisotopic (exact) mass is 374 g/mol. The number of rotatable bonds is 4. The summed E-state index contributed by atoms with van der Waals surface area (Å²) in [7, 11) is -2.98. The number of hydrogen-bond acceptors (Lipinski definition) is 0. The van der Waals surface area contributed by atoms with E-state index >= 15 is 0 Å². The maximum Gasteiger partial charge on any atom is 0.0784 e. The maximum atomic E-state index is 2.53. The van der Waals surface area contributed by atoms with E-state index in [9.17, 15) is 0 Å². The Hall–Kier alpha value is -1.91. The van der Waals surface area contributed by atoms with E-state index in [-0.39, 0.29) is 0 Å². The van der Waals surface area contributed by atoms with Crippen LogP contribution >= 0.6 is 0 Å². The van der Waals surface area contributed by atoms with Crippen LogP contribution in [0.2, 0.25) is 39.3 Å². The summed E-state index contributed by atoms with van der Waals surface area (Å²) in [5.41, 5.74) is 5.59. The molecule has 0 unspecified atom stereocenters. The minimum absolute atomic E-state index is 1.35. The van der Waals surface area contributed by atoms with Crippen LogP contribution in [0.4, 0.5) is 0 Å². The van der Waals surface area contributed by atoms with Gasteiger partial charge in [-0.2, -0.15) is 0 Å². The van der Waals surface area contributed by atoms with Crippen molar-refractivity contribution in [3.05, 3.63) is 72.8 Å². The highest BCUT2D eigenvalue weighted by molar-refractivity contribution is 6.91. The lowest BCUT2D eigenvalue weighted by Gasteiger charge is -2.28. The van der Waals surface area contributed by atoms with Gasteiger partial charge < -0.3 is 0 Å². The largest absolute Gasteiger partial charge is 0.0784 e. The quantitative estimate of drug-likeness (QED) is 0.483. The molecule has 0 aliphatic heterocycles. The van der Waals surface area contributed by atoms with Gasteiger partial charge in [-0.05, 0) is 22.3 Å². The fourth-order valence-corrected chi connectivity index (χ4v) is 6.76. The van der Waals surface area contributed by atoms with Crippen molar-refractivity contribution in [2.24, 2.45) is 0 Å². The van der Waals surface area contributed by atoms with Crippen molar-refractivity contribution < 1.29 is 0 Å². The molecule has 0 aromatic heterocycles. The first kappa shape index (κ1) is 18.9. The Kier molecular flexibility index (Phi) is 5.09. The standard InChI is InChI=1S/C24H30Si2/c1-25(2,3)23-17-22(20-15-11-8-12-16-20)24(26(4,5)6)18-21(23)19-13-9-7-10-14-19/h7-18H,1-6H3. The van der Waals surface area contributed by atoms with E-state index < -0.39 is 16.1 Å². The highest BCUT2D eigenvalue weighted by Gasteiger charge is 2.27. The van der Waals surface area contributed by atoms with Gasteiger partial charge in [0.15, 0.2) is 0 Å². The molecule has 0 bridgehead atoms. The van der Waals surface area contributed by atoms with Gasteiger partial charge in [0.2, 0.25) is 0 Å². The van der Waals surface area contributed by atoms with Crippen LogP contribution in [-0.4, -0.2) is 16.1 Å². The Morgan fingerprint density at radius 2 is 0.769 bits per heavy atom. The van der Waals surface area contributed by atoms with Crippen LogP contribution in [0, 0.1) is 0 Å². The molecule has 3 aromatic rings. The molecular weight excluding hydrogens is 344 g/mol. The minimum atomic E-state index is -1.49. The molecular formula is C24H30Si2. The predicted molar refractivity (Wildman–Crippen MR) is 123 cm³/mol. The second-order valence-corrected chi connectivity index (χ2v) is 19.3. The zero-order valence-electron chi connectivity index (χ0n) is 16.9. The molecule has 0 fully saturated rings. The van der Waals surface area contributed by atoms with E-state index in [0.717, 1.165) is 0 Å². The summed E-state index contributed by atoms with van der Waals surface area (Å²) in [6.07, 6.45) is 0. The number of benzene rings is 3. The van der Waals surface area contributed by atoms with Crippen LogP contribution in [-0.2, 0) is 0 Å². The van der Waals surface area contributed by atoms with Crippen molar-refractivity contribution in [2.75, 3.05) is 0 Å². The molecule has 0 nitrogen and oxygen atoms in total. The summed E-state index contributed by atoms with van der Waals surface area (Å²) < 4.78 is 0. The smallest absolute Gasteiger partial charge is 0.0656 e. The topological polar surface area (TPSA) is 0 Å². The predicted octanol–water partition coefficient (Wildman–Crippen LogP) is 6.11. The van der Waals surface area contributed by atoms with Crippen molar-refractivity contribution in [1.29, 1.82) is 0 Å². The molecule has 26 heavy (non-hydrogen) atoms. The van der Waals surface area contributed by atoms with Gasteiger partial charge in [0.25, 0.3) is 0 Å². The average Bonchev–Trinajstić information content (AvgIpc) is 2.60. The molecule has 0 aliphatic rings. The molecule has 3 aromatic carbocycles. The fourth-order valence-electron chi connectivity index (χ4n) is 3.55. The summed E-state index contributed by atoms with van der Waals surface area (Å²) in [6.45, 7) is 14.7. The van der Waals surface area contributed by atoms with Gasteiger partial charge in [0, 0.05) is 0 Å². The molecule has 0 saturated carbocycles. The van der Waals surface area contributed by atoms with E-state index in [1.165, 1.54) is 22.3 Å². The van der Waals surface area contributed by atoms with Crippen molar-refractivity contribution in [1.82, 2.24) is 0 Å². The zero-order valence-corrected chi connectivity index (χ0v) is 18.9. The lowest BCUT2D eigenvalue weighted by Crippen LogP contribution is -2.44. The van der Waals surface area contributed by atoms with Crippen molar-refractivity contribution >= 4 is 26.5 Å². The van der Waals surface area contributed by atoms with Crippen LogP contribution in [0.15, 0.2) is 72.8 Å². The van der Waals surface area contributed by atoms with E-state index in [0.29, 0.717) is 0 Å². The van der Waals surface area contributed by atoms with Crippen LogP contribution in [0.1, 0.15) is 0 Å². The third-order valence-corrected chi connectivity index (χ3v) is 9.00. The van der Waals surface area contributed by atoms with Gasteiger partial charge >= 0.3 is 0 Å². The average molecular weight is 375 g/mol. The fraction of sp³-hybridized carbons (Fsp3) is 0.250. The highest BCUT2D eigenvalue weighted by atomic mass is 28.3. The second-order valence-electron chi connectivity index (χ2n) is 9.18. The molecule has 0 spiro atoms. The Morgan fingerprint density at radius 3 is 1.04 bits per heavy atom. The Balaban J connectivity index is 2.37. The van der Waals surface area contributed by atoms with Gasteiger partial charge in [-0.15, -0.1) is 0 Å². The van der Waals surface area contributed by atoms with Gasteiger partial charge in [-0.3, -0.25) is 0 Å². The van der Waals surface area contributed by atoms with Crippen molar-refractivity contribution in [2.45, 2.75) is 39.3 Å². The summed E-state index contributed by atoms with van der Waals surface area (Å²) >= 11 is 0. The van der Waals surface area contributed by atoms with Gasteiger partial charge in [-0.1, -0.05) is 122 Å². The van der Waals surface area contributed by atoms with Crippen LogP contribution in [0.5, 0.6) is 0 Å². The molecule has 0 radical (unpaired) electrons. The van der Waals surface area contributed by atoms with Gasteiger partial charge in [0.05, 0.1) is 16.1 Å². The molecule has 2 heteroatoms. The van der Waals surface area contributed by atoms with E-state index in [4.69, 9.17) is 0 Å². The van der Waals surface area contributed by atoms with Gasteiger partial charge in [-0.25, -0.2) is 0 Å². The second kappa shape index (κ2) is 7.01. The molecule has 0 amide bonds. The minimum Gasteiger partial charge on any atom is -0.0656 e. The number of hydrogen-bond donors (Lipinski definition) is 0. The summed E-state index contributed by atoms with van der Waals surface area (Å²) in [5.74, 6) is 0. The molecule has 0 saturated heterocycles. The summed E-state index contributed by atoms with van der Waals surface area (Å²) in [6, 6.07) is 26.9. The SMILES string of the molecule is C[Si](C)(C)c1cc(-c2ccccc2)c([Si](C)(C)C)cc1-c1ccccc1. The normalized spacial score (nSPS) is 12.2. The first-order valence-corrected chi connectivity index (χ1v) is 16.5. The van der Waals surface area contributed by atoms with E-state index in [2.05, 4.69) is 112 Å². The molecule has 0 aliphatic carbocycles. The van der Waals surface area contributed by atoms with Crippen LogP contribution in [0.25, 0.3) is 22.3 Å². The van der Waals surface area contributed by atoms with Gasteiger partial charge in [0.1, 0.15) is 0 Å². The van der Waals surface area contributed by atoms with E-state index in [1.807, 2.05) is 0 Å². The first-order chi connectivity index (χ1) is 12.2. The van der Waals surface area contributed by atoms with Crippen LogP contribution in [0.3, 0.4) is 0 Å². The summed E-state index contributed by atoms with van der Waals surface area (Å²) in [5, 5.41) is 3.12. The lowest BCUT2D eigenvalue weighted by molar-refractivity contribution is 1.59. The molecule has 0 heterocycles.